The first-order valence-electron chi connectivity index (χ1n) is 6.96. The van der Waals surface area contributed by atoms with Crippen molar-refractivity contribution in [3.63, 3.8) is 0 Å². The normalized spacial score (nSPS) is 15.8. The molecule has 5 heteroatoms. The monoisotopic (exact) mass is 269 g/mol. The van der Waals surface area contributed by atoms with Crippen molar-refractivity contribution < 1.29 is 9.26 Å². The SMILES string of the molecule is CCOC(c1noc([C@H](N)CC(C)C)n1)C(C)(C)C. The van der Waals surface area contributed by atoms with E-state index in [9.17, 15) is 0 Å². The second kappa shape index (κ2) is 6.48. The van der Waals surface area contributed by atoms with E-state index in [4.69, 9.17) is 15.0 Å². The molecule has 2 atom stereocenters. The van der Waals surface area contributed by atoms with Gasteiger partial charge in [0.15, 0.2) is 0 Å². The van der Waals surface area contributed by atoms with Crippen molar-refractivity contribution in [3.05, 3.63) is 11.7 Å². The summed E-state index contributed by atoms with van der Waals surface area (Å²) in [6.07, 6.45) is 0.650. The lowest BCUT2D eigenvalue weighted by atomic mass is 9.88. The van der Waals surface area contributed by atoms with Gasteiger partial charge in [-0.1, -0.05) is 39.8 Å². The summed E-state index contributed by atoms with van der Waals surface area (Å²) in [6, 6.07) is -0.205. The molecule has 1 aromatic heterocycles. The predicted octanol–water partition coefficient (Wildman–Crippen LogP) is 3.24. The third kappa shape index (κ3) is 4.58. The fourth-order valence-corrected chi connectivity index (χ4v) is 1.99. The third-order valence-electron chi connectivity index (χ3n) is 2.85. The number of nitrogens with zero attached hydrogens (tertiary/aromatic N) is 2. The highest BCUT2D eigenvalue weighted by molar-refractivity contribution is 4.99. The molecule has 0 saturated carbocycles. The summed E-state index contributed by atoms with van der Waals surface area (Å²) in [4.78, 5) is 4.42. The van der Waals surface area contributed by atoms with Gasteiger partial charge >= 0.3 is 0 Å². The molecule has 5 nitrogen and oxygen atoms in total. The Morgan fingerprint density at radius 1 is 1.32 bits per heavy atom. The Hall–Kier alpha value is -0.940. The van der Waals surface area contributed by atoms with E-state index in [0.717, 1.165) is 6.42 Å². The zero-order chi connectivity index (χ0) is 14.6. The highest BCUT2D eigenvalue weighted by atomic mass is 16.5. The number of ether oxygens (including phenoxy) is 1. The number of rotatable bonds is 6. The standard InChI is InChI=1S/C14H27N3O2/c1-7-18-11(14(4,5)6)12-16-13(19-17-12)10(15)8-9(2)3/h9-11H,7-8,15H2,1-6H3/t10-,11?/m1/s1. The molecule has 0 fully saturated rings. The molecule has 0 saturated heterocycles. The van der Waals surface area contributed by atoms with Gasteiger partial charge in [-0.25, -0.2) is 0 Å². The van der Waals surface area contributed by atoms with Crippen molar-refractivity contribution in [1.29, 1.82) is 0 Å². The Labute approximate surface area is 115 Å². The van der Waals surface area contributed by atoms with Gasteiger partial charge in [-0.05, 0) is 24.7 Å². The van der Waals surface area contributed by atoms with Crippen LogP contribution in [0.25, 0.3) is 0 Å². The van der Waals surface area contributed by atoms with Crippen LogP contribution in [0.5, 0.6) is 0 Å². The second-order valence-corrected chi connectivity index (χ2v) is 6.43. The molecule has 0 aliphatic rings. The quantitative estimate of drug-likeness (QED) is 0.858. The van der Waals surface area contributed by atoms with Gasteiger partial charge in [0.05, 0.1) is 6.04 Å². The van der Waals surface area contributed by atoms with Gasteiger partial charge in [-0.3, -0.25) is 0 Å². The zero-order valence-electron chi connectivity index (χ0n) is 12.9. The molecule has 2 N–H and O–H groups in total. The molecule has 0 aliphatic carbocycles. The highest BCUT2D eigenvalue weighted by Crippen LogP contribution is 2.34. The van der Waals surface area contributed by atoms with E-state index < -0.39 is 0 Å². The third-order valence-corrected chi connectivity index (χ3v) is 2.85. The summed E-state index contributed by atoms with van der Waals surface area (Å²) in [5.74, 6) is 1.58. The molecule has 0 aliphatic heterocycles. The molecular weight excluding hydrogens is 242 g/mol. The lowest BCUT2D eigenvalue weighted by Gasteiger charge is -2.27. The van der Waals surface area contributed by atoms with E-state index >= 15 is 0 Å². The molecule has 110 valence electrons. The molecule has 0 amide bonds. The van der Waals surface area contributed by atoms with Crippen molar-refractivity contribution in [2.45, 2.75) is 60.1 Å². The summed E-state index contributed by atoms with van der Waals surface area (Å²) in [7, 11) is 0. The van der Waals surface area contributed by atoms with E-state index in [0.29, 0.717) is 24.2 Å². The van der Waals surface area contributed by atoms with Crippen molar-refractivity contribution >= 4 is 0 Å². The zero-order valence-corrected chi connectivity index (χ0v) is 12.9. The average molecular weight is 269 g/mol. The first kappa shape index (κ1) is 16.1. The van der Waals surface area contributed by atoms with E-state index in [1.807, 2.05) is 6.92 Å². The Morgan fingerprint density at radius 3 is 2.42 bits per heavy atom. The van der Waals surface area contributed by atoms with E-state index in [1.54, 1.807) is 0 Å². The van der Waals surface area contributed by atoms with Crippen LogP contribution < -0.4 is 5.73 Å². The number of hydrogen-bond acceptors (Lipinski definition) is 5. The maximum atomic E-state index is 6.06. The van der Waals surface area contributed by atoms with Crippen LogP contribution in [0.4, 0.5) is 0 Å². The van der Waals surface area contributed by atoms with E-state index in [2.05, 4.69) is 44.8 Å². The van der Waals surface area contributed by atoms with Gasteiger partial charge in [0.1, 0.15) is 6.10 Å². The molecule has 1 rings (SSSR count). The van der Waals surface area contributed by atoms with Crippen LogP contribution in [0.2, 0.25) is 0 Å². The molecule has 0 radical (unpaired) electrons. The summed E-state index contributed by atoms with van der Waals surface area (Å²) >= 11 is 0. The Bertz CT molecular complexity index is 382. The van der Waals surface area contributed by atoms with Gasteiger partial charge < -0.3 is 15.0 Å². The van der Waals surface area contributed by atoms with E-state index in [-0.39, 0.29) is 17.6 Å². The molecular formula is C14H27N3O2. The molecule has 1 unspecified atom stereocenters. The molecule has 19 heavy (non-hydrogen) atoms. The van der Waals surface area contributed by atoms with Crippen molar-refractivity contribution in [2.75, 3.05) is 6.61 Å². The fraction of sp³-hybridized carbons (Fsp3) is 0.857. The van der Waals surface area contributed by atoms with E-state index in [1.165, 1.54) is 0 Å². The first-order chi connectivity index (χ1) is 8.75. The van der Waals surface area contributed by atoms with Crippen LogP contribution in [-0.2, 0) is 4.74 Å². The maximum Gasteiger partial charge on any atom is 0.243 e. The van der Waals surface area contributed by atoms with Crippen LogP contribution in [0.15, 0.2) is 4.52 Å². The van der Waals surface area contributed by atoms with Crippen LogP contribution in [0.3, 0.4) is 0 Å². The van der Waals surface area contributed by atoms with Gasteiger partial charge in [-0.15, -0.1) is 0 Å². The lowest BCUT2D eigenvalue weighted by molar-refractivity contribution is -0.0203. The molecule has 1 aromatic rings. The van der Waals surface area contributed by atoms with Gasteiger partial charge in [-0.2, -0.15) is 4.98 Å². The Balaban J connectivity index is 2.87. The average Bonchev–Trinajstić information content (AvgIpc) is 2.72. The van der Waals surface area contributed by atoms with Gasteiger partial charge in [0.2, 0.25) is 11.7 Å². The van der Waals surface area contributed by atoms with Crippen LogP contribution in [0.1, 0.15) is 71.8 Å². The van der Waals surface area contributed by atoms with Crippen LogP contribution in [-0.4, -0.2) is 16.7 Å². The summed E-state index contributed by atoms with van der Waals surface area (Å²) < 4.78 is 11.0. The van der Waals surface area contributed by atoms with Gasteiger partial charge in [0, 0.05) is 6.61 Å². The smallest absolute Gasteiger partial charge is 0.243 e. The summed E-state index contributed by atoms with van der Waals surface area (Å²) in [5, 5.41) is 4.04. The lowest BCUT2D eigenvalue weighted by Crippen LogP contribution is -2.23. The summed E-state index contributed by atoms with van der Waals surface area (Å²) in [5.41, 5.74) is 5.97. The molecule has 0 bridgehead atoms. The van der Waals surface area contributed by atoms with Gasteiger partial charge in [0.25, 0.3) is 0 Å². The maximum absolute atomic E-state index is 6.06. The predicted molar refractivity (Wildman–Crippen MR) is 74.5 cm³/mol. The largest absolute Gasteiger partial charge is 0.370 e. The minimum absolute atomic E-state index is 0.0840. The number of aromatic nitrogens is 2. The first-order valence-corrected chi connectivity index (χ1v) is 6.96. The van der Waals surface area contributed by atoms with Crippen molar-refractivity contribution in [2.24, 2.45) is 17.1 Å². The number of nitrogens with two attached hydrogens (primary N) is 1. The molecule has 1 heterocycles. The van der Waals surface area contributed by atoms with Crippen molar-refractivity contribution in [1.82, 2.24) is 10.1 Å². The highest BCUT2D eigenvalue weighted by Gasteiger charge is 2.31. The topological polar surface area (TPSA) is 74.2 Å². The molecule has 0 aromatic carbocycles. The fourth-order valence-electron chi connectivity index (χ4n) is 1.99. The van der Waals surface area contributed by atoms with Crippen LogP contribution >= 0.6 is 0 Å². The Kier molecular flexibility index (Phi) is 5.50. The molecule has 0 spiro atoms. The second-order valence-electron chi connectivity index (χ2n) is 6.43. The number of hydrogen-bond donors (Lipinski definition) is 1. The minimum Gasteiger partial charge on any atom is -0.370 e. The Morgan fingerprint density at radius 2 is 1.95 bits per heavy atom. The summed E-state index contributed by atoms with van der Waals surface area (Å²) in [6.45, 7) is 13.1. The van der Waals surface area contributed by atoms with Crippen LogP contribution in [0, 0.1) is 11.3 Å². The van der Waals surface area contributed by atoms with Crippen molar-refractivity contribution in [3.8, 4) is 0 Å². The minimum atomic E-state index is -0.205.